The second kappa shape index (κ2) is 24.1. The summed E-state index contributed by atoms with van der Waals surface area (Å²) in [5.74, 6) is 8.77. The Labute approximate surface area is 234 Å². The first-order valence-electron chi connectivity index (χ1n) is 14.5. The molecule has 37 heavy (non-hydrogen) atoms. The zero-order valence-electron chi connectivity index (χ0n) is 26.9. The first kappa shape index (κ1) is 39.3. The molecule has 0 spiro atoms. The molecule has 0 amide bonds. The quantitative estimate of drug-likeness (QED) is 0.204. The van der Waals surface area contributed by atoms with E-state index in [1.54, 1.807) is 5.57 Å². The van der Waals surface area contributed by atoms with Gasteiger partial charge in [0.2, 0.25) is 0 Å². The van der Waals surface area contributed by atoms with E-state index in [1.807, 2.05) is 20.8 Å². The van der Waals surface area contributed by atoms with Crippen LogP contribution in [0.2, 0.25) is 0 Å². The van der Waals surface area contributed by atoms with Gasteiger partial charge in [0.15, 0.2) is 0 Å². The molecule has 210 valence electrons. The molecule has 3 rings (SSSR count). The van der Waals surface area contributed by atoms with E-state index in [0.29, 0.717) is 0 Å². The van der Waals surface area contributed by atoms with Gasteiger partial charge in [0, 0.05) is 5.56 Å². The monoisotopic (exact) mass is 506 g/mol. The SMILES string of the molecule is C=C.C=C.C=C(/C(C)=C(\C)C1CC1)C1CC1.CC.CC#Cc1c(C)cc(C)cc1C.CCCC(C)CC. The highest BCUT2D eigenvalue weighted by molar-refractivity contribution is 5.48. The zero-order valence-corrected chi connectivity index (χ0v) is 26.9. The van der Waals surface area contributed by atoms with Crippen LogP contribution in [0.25, 0.3) is 0 Å². The zero-order chi connectivity index (χ0) is 29.6. The molecule has 0 aromatic heterocycles. The average Bonchev–Trinajstić information content (AvgIpc) is 3.82. The normalized spacial score (nSPS) is 14.1. The van der Waals surface area contributed by atoms with Crippen LogP contribution < -0.4 is 0 Å². The van der Waals surface area contributed by atoms with Crippen LogP contribution in [0.3, 0.4) is 0 Å². The fourth-order valence-corrected chi connectivity index (χ4v) is 4.01. The lowest BCUT2D eigenvalue weighted by Gasteiger charge is -2.08. The smallest absolute Gasteiger partial charge is 0.0303 e. The molecule has 0 nitrogen and oxygen atoms in total. The highest BCUT2D eigenvalue weighted by Crippen LogP contribution is 2.44. The Kier molecular flexibility index (Phi) is 25.6. The summed E-state index contributed by atoms with van der Waals surface area (Å²) < 4.78 is 0. The first-order chi connectivity index (χ1) is 17.7. The van der Waals surface area contributed by atoms with E-state index in [4.69, 9.17) is 0 Å². The van der Waals surface area contributed by atoms with E-state index in [-0.39, 0.29) is 0 Å². The number of benzene rings is 1. The molecular formula is C37H62. The van der Waals surface area contributed by atoms with Crippen molar-refractivity contribution in [2.24, 2.45) is 17.8 Å². The van der Waals surface area contributed by atoms with Crippen molar-refractivity contribution in [1.29, 1.82) is 0 Å². The highest BCUT2D eigenvalue weighted by atomic mass is 14.3. The van der Waals surface area contributed by atoms with Gasteiger partial charge in [-0.1, -0.05) is 89.6 Å². The minimum atomic E-state index is 0.846. The molecule has 2 fully saturated rings. The number of aryl methyl sites for hydroxylation is 3. The van der Waals surface area contributed by atoms with Crippen molar-refractivity contribution >= 4 is 0 Å². The minimum absolute atomic E-state index is 0.846. The van der Waals surface area contributed by atoms with Crippen molar-refractivity contribution in [3.63, 3.8) is 0 Å². The summed E-state index contributed by atoms with van der Waals surface area (Å²) in [4.78, 5) is 0. The van der Waals surface area contributed by atoms with Crippen LogP contribution in [0.4, 0.5) is 0 Å². The molecule has 0 aliphatic heterocycles. The van der Waals surface area contributed by atoms with Gasteiger partial charge < -0.3 is 0 Å². The molecule has 0 saturated heterocycles. The fourth-order valence-electron chi connectivity index (χ4n) is 4.01. The van der Waals surface area contributed by atoms with E-state index in [0.717, 1.165) is 17.8 Å². The van der Waals surface area contributed by atoms with Gasteiger partial charge in [-0.3, -0.25) is 0 Å². The summed E-state index contributed by atoms with van der Waals surface area (Å²) in [5.41, 5.74) is 9.62. The van der Waals surface area contributed by atoms with Gasteiger partial charge in [0.25, 0.3) is 0 Å². The van der Waals surface area contributed by atoms with Crippen molar-refractivity contribution in [1.82, 2.24) is 0 Å². The van der Waals surface area contributed by atoms with E-state index in [9.17, 15) is 0 Å². The van der Waals surface area contributed by atoms with E-state index < -0.39 is 0 Å². The molecule has 1 atom stereocenters. The van der Waals surface area contributed by atoms with Crippen molar-refractivity contribution < 1.29 is 0 Å². The Balaban J connectivity index is -0.000000437. The topological polar surface area (TPSA) is 0 Å². The lowest BCUT2D eigenvalue weighted by atomic mass is 9.97. The van der Waals surface area contributed by atoms with E-state index >= 15 is 0 Å². The summed E-state index contributed by atoms with van der Waals surface area (Å²) in [6, 6.07) is 4.35. The molecule has 2 aliphatic carbocycles. The third-order valence-corrected chi connectivity index (χ3v) is 6.74. The van der Waals surface area contributed by atoms with E-state index in [1.165, 1.54) is 78.3 Å². The molecule has 1 aromatic carbocycles. The molecule has 0 heterocycles. The van der Waals surface area contributed by atoms with Gasteiger partial charge in [0.05, 0.1) is 0 Å². The van der Waals surface area contributed by atoms with Gasteiger partial charge in [-0.05, 0) is 107 Å². The van der Waals surface area contributed by atoms with Crippen molar-refractivity contribution in [2.45, 2.75) is 121 Å². The van der Waals surface area contributed by atoms with Crippen LogP contribution in [0.15, 0.2) is 61.7 Å². The maximum absolute atomic E-state index is 4.19. The Morgan fingerprint density at radius 3 is 1.62 bits per heavy atom. The lowest BCUT2D eigenvalue weighted by Crippen LogP contribution is -1.92. The lowest BCUT2D eigenvalue weighted by molar-refractivity contribution is 0.509. The maximum Gasteiger partial charge on any atom is 0.0303 e. The van der Waals surface area contributed by atoms with Crippen LogP contribution in [0.1, 0.15) is 123 Å². The molecule has 0 bridgehead atoms. The van der Waals surface area contributed by atoms with E-state index in [2.05, 4.69) is 112 Å². The second-order valence-corrected chi connectivity index (χ2v) is 9.83. The van der Waals surface area contributed by atoms with Crippen molar-refractivity contribution in [3.05, 3.63) is 84.0 Å². The molecular weight excluding hydrogens is 444 g/mol. The van der Waals surface area contributed by atoms with Crippen LogP contribution in [0.5, 0.6) is 0 Å². The molecule has 2 aliphatic rings. The summed E-state index contributed by atoms with van der Waals surface area (Å²) >= 11 is 0. The Bertz CT molecular complexity index is 806. The number of hydrogen-bond donors (Lipinski definition) is 0. The Morgan fingerprint density at radius 2 is 1.32 bits per heavy atom. The third-order valence-electron chi connectivity index (χ3n) is 6.74. The van der Waals surface area contributed by atoms with Gasteiger partial charge in [-0.2, -0.15) is 0 Å². The largest absolute Gasteiger partial charge is 0.106 e. The second-order valence-electron chi connectivity index (χ2n) is 9.83. The van der Waals surface area contributed by atoms with Crippen LogP contribution in [-0.2, 0) is 0 Å². The van der Waals surface area contributed by atoms with Crippen LogP contribution in [0, 0.1) is 50.4 Å². The van der Waals surface area contributed by atoms with Crippen LogP contribution in [-0.4, -0.2) is 0 Å². The third kappa shape index (κ3) is 17.8. The number of hydrogen-bond acceptors (Lipinski definition) is 0. The minimum Gasteiger partial charge on any atom is -0.106 e. The summed E-state index contributed by atoms with van der Waals surface area (Å²) in [7, 11) is 0. The average molecular weight is 507 g/mol. The summed E-state index contributed by atoms with van der Waals surface area (Å²) in [5, 5.41) is 0. The van der Waals surface area contributed by atoms with Gasteiger partial charge in [0.1, 0.15) is 0 Å². The molecule has 1 unspecified atom stereocenters. The van der Waals surface area contributed by atoms with Gasteiger partial charge >= 0.3 is 0 Å². The summed E-state index contributed by atoms with van der Waals surface area (Å²) in [6.45, 7) is 39.8. The number of rotatable bonds is 6. The van der Waals surface area contributed by atoms with Gasteiger partial charge in [-0.25, -0.2) is 0 Å². The van der Waals surface area contributed by atoms with Crippen LogP contribution >= 0.6 is 0 Å². The number of allylic oxidation sites excluding steroid dienone is 3. The molecule has 0 N–H and O–H groups in total. The Hall–Kier alpha value is -2.26. The first-order valence-corrected chi connectivity index (χ1v) is 14.5. The fraction of sp³-hybridized carbons (Fsp3) is 0.568. The molecule has 1 aromatic rings. The Morgan fingerprint density at radius 1 is 0.892 bits per heavy atom. The molecule has 0 radical (unpaired) electrons. The van der Waals surface area contributed by atoms with Crippen molar-refractivity contribution in [2.75, 3.05) is 0 Å². The highest BCUT2D eigenvalue weighted by Gasteiger charge is 2.29. The molecule has 0 heteroatoms. The summed E-state index contributed by atoms with van der Waals surface area (Å²) in [6.07, 6.45) is 9.68. The predicted octanol–water partition coefficient (Wildman–Crippen LogP) is 12.1. The predicted molar refractivity (Wildman–Crippen MR) is 174 cm³/mol. The van der Waals surface area contributed by atoms with Crippen molar-refractivity contribution in [3.8, 4) is 11.8 Å². The maximum atomic E-state index is 4.19. The molecule has 2 saturated carbocycles. The van der Waals surface area contributed by atoms with Gasteiger partial charge in [-0.15, -0.1) is 32.2 Å². The standard InChI is InChI=1S/C12H18.C12H14.C7H16.C2H6.2C2H4/c1-8(9(2)11-4-5-11)10(3)12-6-7-12;1-5-6-12-10(3)7-9(2)8-11(12)4;1-4-6-7(3)5-2;3*1-2/h11-12H,2,4-7H2,1,3H3;7-8H,1-4H3;7H,4-6H2,1-3H3;1-2H3;2*1-2H2/b10-8+;;;;;.